The summed E-state index contributed by atoms with van der Waals surface area (Å²) in [6, 6.07) is 0. The van der Waals surface area contributed by atoms with Crippen molar-refractivity contribution in [2.45, 2.75) is 13.8 Å². The first-order valence-electron chi connectivity index (χ1n) is 5.08. The van der Waals surface area contributed by atoms with Gasteiger partial charge in [-0.05, 0) is 14.0 Å². The molecule has 0 bridgehead atoms. The normalized spacial score (nSPS) is 10.0. The molecule has 0 unspecified atom stereocenters. The van der Waals surface area contributed by atoms with E-state index < -0.39 is 0 Å². The second-order valence-corrected chi connectivity index (χ2v) is 3.56. The maximum Gasteiger partial charge on any atom is 0.333 e. The van der Waals surface area contributed by atoms with Gasteiger partial charge in [-0.15, -0.1) is 0 Å². The van der Waals surface area contributed by atoms with Crippen LogP contribution in [0.25, 0.3) is 0 Å². The molecule has 0 amide bonds. The zero-order chi connectivity index (χ0) is 12.6. The number of esters is 2. The molecular formula is C11H19NO4. The van der Waals surface area contributed by atoms with Gasteiger partial charge in [0.25, 0.3) is 0 Å². The quantitative estimate of drug-likeness (QED) is 0.472. The van der Waals surface area contributed by atoms with Crippen molar-refractivity contribution in [2.24, 2.45) is 0 Å². The summed E-state index contributed by atoms with van der Waals surface area (Å²) in [5.74, 6) is -0.671. The van der Waals surface area contributed by atoms with Gasteiger partial charge in [-0.25, -0.2) is 4.79 Å². The fraction of sp³-hybridized carbons (Fsp3) is 0.636. The van der Waals surface area contributed by atoms with Gasteiger partial charge < -0.3 is 9.47 Å². The van der Waals surface area contributed by atoms with Crippen LogP contribution in [0.5, 0.6) is 0 Å². The minimum Gasteiger partial charge on any atom is -0.465 e. The molecule has 0 N–H and O–H groups in total. The van der Waals surface area contributed by atoms with Crippen molar-refractivity contribution in [3.8, 4) is 0 Å². The van der Waals surface area contributed by atoms with Crippen LogP contribution in [0.15, 0.2) is 12.2 Å². The van der Waals surface area contributed by atoms with Crippen LogP contribution in [0.3, 0.4) is 0 Å². The highest BCUT2D eigenvalue weighted by molar-refractivity contribution is 5.86. The zero-order valence-corrected chi connectivity index (χ0v) is 10.1. The fourth-order valence-electron chi connectivity index (χ4n) is 0.874. The molecular weight excluding hydrogens is 210 g/mol. The lowest BCUT2D eigenvalue weighted by Crippen LogP contribution is -2.28. The Balaban J connectivity index is 3.50. The number of rotatable bonds is 7. The van der Waals surface area contributed by atoms with Crippen molar-refractivity contribution in [3.05, 3.63) is 12.2 Å². The van der Waals surface area contributed by atoms with E-state index in [2.05, 4.69) is 6.58 Å². The van der Waals surface area contributed by atoms with Gasteiger partial charge in [0.2, 0.25) is 0 Å². The highest BCUT2D eigenvalue weighted by atomic mass is 16.5. The molecule has 0 aliphatic heterocycles. The standard InChI is InChI=1S/C11H19NO4/c1-9(2)11(14)16-8-6-12(4)5-7-15-10(3)13/h1,5-8H2,2-4H3. The summed E-state index contributed by atoms with van der Waals surface area (Å²) < 4.78 is 9.69. The second-order valence-electron chi connectivity index (χ2n) is 3.56. The topological polar surface area (TPSA) is 55.8 Å². The van der Waals surface area contributed by atoms with Crippen LogP contribution in [0.4, 0.5) is 0 Å². The first-order valence-corrected chi connectivity index (χ1v) is 5.08. The molecule has 0 spiro atoms. The van der Waals surface area contributed by atoms with E-state index >= 15 is 0 Å². The average Bonchev–Trinajstić information content (AvgIpc) is 2.16. The van der Waals surface area contributed by atoms with Crippen molar-refractivity contribution >= 4 is 11.9 Å². The van der Waals surface area contributed by atoms with E-state index in [0.717, 1.165) is 0 Å². The van der Waals surface area contributed by atoms with Gasteiger partial charge in [0.15, 0.2) is 0 Å². The molecule has 5 heteroatoms. The Labute approximate surface area is 96.0 Å². The van der Waals surface area contributed by atoms with Crippen LogP contribution in [0, 0.1) is 0 Å². The molecule has 0 aromatic heterocycles. The highest BCUT2D eigenvalue weighted by Gasteiger charge is 2.04. The lowest BCUT2D eigenvalue weighted by Gasteiger charge is -2.15. The van der Waals surface area contributed by atoms with E-state index in [1.54, 1.807) is 6.92 Å². The molecule has 0 heterocycles. The Bertz CT molecular complexity index is 263. The minimum atomic E-state index is -0.381. The first-order chi connectivity index (χ1) is 7.43. The summed E-state index contributed by atoms with van der Waals surface area (Å²) >= 11 is 0. The van der Waals surface area contributed by atoms with Crippen molar-refractivity contribution in [3.63, 3.8) is 0 Å². The summed E-state index contributed by atoms with van der Waals surface area (Å²) in [5.41, 5.74) is 0.391. The number of hydrogen-bond acceptors (Lipinski definition) is 5. The number of nitrogens with zero attached hydrogens (tertiary/aromatic N) is 1. The number of carbonyl (C=O) groups excluding carboxylic acids is 2. The second kappa shape index (κ2) is 7.87. The van der Waals surface area contributed by atoms with E-state index in [0.29, 0.717) is 31.9 Å². The van der Waals surface area contributed by atoms with Crippen LogP contribution in [-0.2, 0) is 19.1 Å². The maximum atomic E-state index is 11.0. The van der Waals surface area contributed by atoms with Crippen molar-refractivity contribution in [1.82, 2.24) is 4.90 Å². The summed E-state index contributed by atoms with van der Waals surface area (Å²) in [6.45, 7) is 8.32. The summed E-state index contributed by atoms with van der Waals surface area (Å²) in [4.78, 5) is 23.4. The molecule has 0 fully saturated rings. The van der Waals surface area contributed by atoms with E-state index in [1.165, 1.54) is 6.92 Å². The van der Waals surface area contributed by atoms with Crippen molar-refractivity contribution in [1.29, 1.82) is 0 Å². The number of hydrogen-bond donors (Lipinski definition) is 0. The largest absolute Gasteiger partial charge is 0.465 e. The van der Waals surface area contributed by atoms with Crippen LogP contribution >= 0.6 is 0 Å². The highest BCUT2D eigenvalue weighted by Crippen LogP contribution is 1.92. The average molecular weight is 229 g/mol. The van der Waals surface area contributed by atoms with Gasteiger partial charge in [-0.2, -0.15) is 0 Å². The molecule has 16 heavy (non-hydrogen) atoms. The predicted octanol–water partition coefficient (Wildman–Crippen LogP) is 0.601. The van der Waals surface area contributed by atoms with Gasteiger partial charge in [-0.3, -0.25) is 9.69 Å². The molecule has 0 aliphatic rings. The Kier molecular flexibility index (Phi) is 7.20. The van der Waals surface area contributed by atoms with Gasteiger partial charge in [0, 0.05) is 25.6 Å². The Hall–Kier alpha value is -1.36. The molecule has 0 saturated carbocycles. The summed E-state index contributed by atoms with van der Waals surface area (Å²) in [7, 11) is 1.86. The minimum absolute atomic E-state index is 0.290. The third-order valence-electron chi connectivity index (χ3n) is 1.83. The van der Waals surface area contributed by atoms with Crippen LogP contribution in [-0.4, -0.2) is 50.2 Å². The predicted molar refractivity (Wildman–Crippen MR) is 59.9 cm³/mol. The lowest BCUT2D eigenvalue weighted by atomic mass is 10.4. The van der Waals surface area contributed by atoms with Crippen molar-refractivity contribution in [2.75, 3.05) is 33.4 Å². The summed E-state index contributed by atoms with van der Waals surface area (Å²) in [5, 5.41) is 0. The molecule has 0 atom stereocenters. The fourth-order valence-corrected chi connectivity index (χ4v) is 0.874. The molecule has 5 nitrogen and oxygen atoms in total. The van der Waals surface area contributed by atoms with Gasteiger partial charge in [-0.1, -0.05) is 6.58 Å². The van der Waals surface area contributed by atoms with E-state index in [-0.39, 0.29) is 11.9 Å². The monoisotopic (exact) mass is 229 g/mol. The molecule has 0 aromatic rings. The van der Waals surface area contributed by atoms with Gasteiger partial charge in [0.1, 0.15) is 13.2 Å². The number of likely N-dealkylation sites (N-methyl/N-ethyl adjacent to an activating group) is 1. The smallest absolute Gasteiger partial charge is 0.333 e. The molecule has 0 aliphatic carbocycles. The molecule has 0 rings (SSSR count). The van der Waals surface area contributed by atoms with E-state index in [1.807, 2.05) is 11.9 Å². The lowest BCUT2D eigenvalue weighted by molar-refractivity contribution is -0.141. The number of carbonyl (C=O) groups is 2. The SMILES string of the molecule is C=C(C)C(=O)OCCN(C)CCOC(C)=O. The third kappa shape index (κ3) is 7.99. The van der Waals surface area contributed by atoms with E-state index in [9.17, 15) is 9.59 Å². The first kappa shape index (κ1) is 14.6. The van der Waals surface area contributed by atoms with Crippen LogP contribution in [0.1, 0.15) is 13.8 Å². The molecule has 92 valence electrons. The Morgan fingerprint density at radius 1 is 1.12 bits per heavy atom. The Morgan fingerprint density at radius 2 is 1.62 bits per heavy atom. The number of ether oxygens (including phenoxy) is 2. The third-order valence-corrected chi connectivity index (χ3v) is 1.83. The zero-order valence-electron chi connectivity index (χ0n) is 10.1. The molecule has 0 saturated heterocycles. The van der Waals surface area contributed by atoms with Crippen LogP contribution < -0.4 is 0 Å². The maximum absolute atomic E-state index is 11.0. The Morgan fingerprint density at radius 3 is 2.06 bits per heavy atom. The van der Waals surface area contributed by atoms with Gasteiger partial charge >= 0.3 is 11.9 Å². The molecule has 0 radical (unpaired) electrons. The molecule has 0 aromatic carbocycles. The van der Waals surface area contributed by atoms with Crippen molar-refractivity contribution < 1.29 is 19.1 Å². The van der Waals surface area contributed by atoms with Gasteiger partial charge in [0.05, 0.1) is 0 Å². The van der Waals surface area contributed by atoms with E-state index in [4.69, 9.17) is 9.47 Å². The summed E-state index contributed by atoms with van der Waals surface area (Å²) in [6.07, 6.45) is 0. The van der Waals surface area contributed by atoms with Crippen LogP contribution in [0.2, 0.25) is 0 Å².